The molecule has 2 N–H and O–H groups in total. The van der Waals surface area contributed by atoms with Crippen molar-refractivity contribution in [3.8, 4) is 11.8 Å². The average molecular weight is 285 g/mol. The third-order valence-corrected chi connectivity index (χ3v) is 4.04. The third kappa shape index (κ3) is 3.00. The van der Waals surface area contributed by atoms with E-state index in [0.29, 0.717) is 12.6 Å². The lowest BCUT2D eigenvalue weighted by molar-refractivity contribution is 0.565. The van der Waals surface area contributed by atoms with Crippen LogP contribution in [0, 0.1) is 11.8 Å². The highest BCUT2D eigenvalue weighted by atomic mass is 32.2. The Balaban J connectivity index is 1.73. The Morgan fingerprint density at radius 3 is 3.00 bits per heavy atom. The Kier molecular flexibility index (Phi) is 4.00. The second kappa shape index (κ2) is 6.07. The van der Waals surface area contributed by atoms with Crippen molar-refractivity contribution in [3.05, 3.63) is 35.4 Å². The summed E-state index contributed by atoms with van der Waals surface area (Å²) < 4.78 is 1.93. The van der Waals surface area contributed by atoms with Crippen LogP contribution in [0.4, 0.5) is 0 Å². The molecule has 1 heterocycles. The summed E-state index contributed by atoms with van der Waals surface area (Å²) in [6.45, 7) is 0.376. The van der Waals surface area contributed by atoms with Crippen molar-refractivity contribution in [2.45, 2.75) is 29.8 Å². The molecule has 0 atom stereocenters. The van der Waals surface area contributed by atoms with Crippen LogP contribution in [0.15, 0.2) is 29.4 Å². The topological polar surface area (TPSA) is 69.6 Å². The van der Waals surface area contributed by atoms with Crippen LogP contribution in [-0.4, -0.2) is 26.8 Å². The zero-order valence-electron chi connectivity index (χ0n) is 11.0. The van der Waals surface area contributed by atoms with Gasteiger partial charge in [0.05, 0.1) is 12.6 Å². The molecule has 1 aliphatic rings. The minimum Gasteiger partial charge on any atom is -0.320 e. The maximum Gasteiger partial charge on any atom is 0.209 e. The monoisotopic (exact) mass is 285 g/mol. The molecule has 2 aromatic rings. The highest BCUT2D eigenvalue weighted by Gasteiger charge is 2.27. The fourth-order valence-corrected chi connectivity index (χ4v) is 2.83. The summed E-state index contributed by atoms with van der Waals surface area (Å²) in [7, 11) is 0. The number of hydrogen-bond acceptors (Lipinski definition) is 5. The number of rotatable bonds is 4. The lowest BCUT2D eigenvalue weighted by Crippen LogP contribution is -1.99. The molecule has 0 bridgehead atoms. The van der Waals surface area contributed by atoms with Gasteiger partial charge in [0.15, 0.2) is 0 Å². The molecule has 0 aliphatic heterocycles. The molecule has 1 aliphatic carbocycles. The zero-order chi connectivity index (χ0) is 13.8. The molecule has 0 amide bonds. The van der Waals surface area contributed by atoms with Gasteiger partial charge in [0.2, 0.25) is 5.16 Å². The Hall–Kier alpha value is -1.84. The number of thioether (sulfide) groups is 1. The molecule has 0 spiro atoms. The summed E-state index contributed by atoms with van der Waals surface area (Å²) in [5.74, 6) is 6.81. The first-order chi connectivity index (χ1) is 9.88. The van der Waals surface area contributed by atoms with Crippen LogP contribution in [-0.2, 0) is 5.75 Å². The first-order valence-corrected chi connectivity index (χ1v) is 7.54. The summed E-state index contributed by atoms with van der Waals surface area (Å²) in [5.41, 5.74) is 7.64. The van der Waals surface area contributed by atoms with Crippen LogP contribution in [0.1, 0.15) is 30.0 Å². The van der Waals surface area contributed by atoms with Gasteiger partial charge >= 0.3 is 0 Å². The van der Waals surface area contributed by atoms with E-state index in [1.165, 1.54) is 18.4 Å². The van der Waals surface area contributed by atoms with Crippen molar-refractivity contribution in [2.75, 3.05) is 6.54 Å². The molecule has 102 valence electrons. The molecule has 3 rings (SSSR count). The van der Waals surface area contributed by atoms with Gasteiger partial charge in [-0.2, -0.15) is 0 Å². The smallest absolute Gasteiger partial charge is 0.209 e. The molecular weight excluding hydrogens is 270 g/mol. The number of hydrogen-bond donors (Lipinski definition) is 1. The SMILES string of the molecule is NCC#Cc1ccccc1CSc1nnnn1C1CC1. The summed E-state index contributed by atoms with van der Waals surface area (Å²) >= 11 is 1.65. The van der Waals surface area contributed by atoms with Gasteiger partial charge in [-0.1, -0.05) is 41.8 Å². The maximum atomic E-state index is 5.43. The van der Waals surface area contributed by atoms with Crippen molar-refractivity contribution >= 4 is 11.8 Å². The highest BCUT2D eigenvalue weighted by molar-refractivity contribution is 7.98. The van der Waals surface area contributed by atoms with Crippen molar-refractivity contribution < 1.29 is 0 Å². The molecular formula is C14H15N5S. The van der Waals surface area contributed by atoms with Gasteiger partial charge in [-0.3, -0.25) is 0 Å². The summed E-state index contributed by atoms with van der Waals surface area (Å²) in [5, 5.41) is 12.8. The molecule has 0 unspecified atom stereocenters. The van der Waals surface area contributed by atoms with Gasteiger partial charge < -0.3 is 5.73 Å². The molecule has 1 aromatic carbocycles. The zero-order valence-corrected chi connectivity index (χ0v) is 11.8. The third-order valence-electron chi connectivity index (χ3n) is 3.05. The lowest BCUT2D eigenvalue weighted by Gasteiger charge is -2.04. The predicted molar refractivity (Wildman–Crippen MR) is 78.0 cm³/mol. The van der Waals surface area contributed by atoms with E-state index in [4.69, 9.17) is 5.73 Å². The van der Waals surface area contributed by atoms with E-state index >= 15 is 0 Å². The van der Waals surface area contributed by atoms with Crippen LogP contribution < -0.4 is 5.73 Å². The number of nitrogens with zero attached hydrogens (tertiary/aromatic N) is 4. The van der Waals surface area contributed by atoms with Crippen LogP contribution in [0.5, 0.6) is 0 Å². The number of benzene rings is 1. The Morgan fingerprint density at radius 1 is 1.35 bits per heavy atom. The van der Waals surface area contributed by atoms with Crippen molar-refractivity contribution in [2.24, 2.45) is 5.73 Å². The van der Waals surface area contributed by atoms with Gasteiger partial charge in [0.1, 0.15) is 0 Å². The van der Waals surface area contributed by atoms with E-state index in [1.54, 1.807) is 11.8 Å². The van der Waals surface area contributed by atoms with E-state index in [1.807, 2.05) is 22.9 Å². The van der Waals surface area contributed by atoms with Gasteiger partial charge in [0.25, 0.3) is 0 Å². The van der Waals surface area contributed by atoms with Crippen LogP contribution in [0.3, 0.4) is 0 Å². The highest BCUT2D eigenvalue weighted by Crippen LogP contribution is 2.36. The van der Waals surface area contributed by atoms with E-state index in [2.05, 4.69) is 33.4 Å². The van der Waals surface area contributed by atoms with Crippen LogP contribution in [0.2, 0.25) is 0 Å². The van der Waals surface area contributed by atoms with Gasteiger partial charge in [-0.05, 0) is 34.9 Å². The molecule has 6 heteroatoms. The molecule has 20 heavy (non-hydrogen) atoms. The molecule has 1 aromatic heterocycles. The second-order valence-electron chi connectivity index (χ2n) is 4.59. The Labute approximate surface area is 121 Å². The van der Waals surface area contributed by atoms with E-state index in [-0.39, 0.29) is 0 Å². The van der Waals surface area contributed by atoms with Crippen molar-refractivity contribution in [3.63, 3.8) is 0 Å². The first-order valence-electron chi connectivity index (χ1n) is 6.56. The fourth-order valence-electron chi connectivity index (χ4n) is 1.89. The van der Waals surface area contributed by atoms with Gasteiger partial charge in [-0.25, -0.2) is 4.68 Å². The van der Waals surface area contributed by atoms with E-state index < -0.39 is 0 Å². The maximum absolute atomic E-state index is 5.43. The molecule has 1 fully saturated rings. The molecule has 1 saturated carbocycles. The first kappa shape index (κ1) is 13.2. The molecule has 0 saturated heterocycles. The molecule has 0 radical (unpaired) electrons. The standard InChI is InChI=1S/C14H15N5S/c15-9-3-6-11-4-1-2-5-12(11)10-20-14-16-17-18-19(14)13-7-8-13/h1-2,4-5,13H,7-10,15H2. The van der Waals surface area contributed by atoms with E-state index in [9.17, 15) is 0 Å². The van der Waals surface area contributed by atoms with Crippen molar-refractivity contribution in [1.29, 1.82) is 0 Å². The van der Waals surface area contributed by atoms with Crippen LogP contribution >= 0.6 is 11.8 Å². The van der Waals surface area contributed by atoms with Crippen molar-refractivity contribution in [1.82, 2.24) is 20.2 Å². The normalized spacial score (nSPS) is 13.8. The Morgan fingerprint density at radius 2 is 2.20 bits per heavy atom. The van der Waals surface area contributed by atoms with E-state index in [0.717, 1.165) is 16.5 Å². The number of tetrazole rings is 1. The quantitative estimate of drug-likeness (QED) is 0.682. The van der Waals surface area contributed by atoms with Gasteiger partial charge in [-0.15, -0.1) is 5.10 Å². The summed E-state index contributed by atoms with van der Waals surface area (Å²) in [6.07, 6.45) is 2.36. The lowest BCUT2D eigenvalue weighted by atomic mass is 10.1. The van der Waals surface area contributed by atoms with Gasteiger partial charge in [0, 0.05) is 11.3 Å². The summed E-state index contributed by atoms with van der Waals surface area (Å²) in [6, 6.07) is 8.61. The number of nitrogens with two attached hydrogens (primary N) is 1. The largest absolute Gasteiger partial charge is 0.320 e. The molecule has 5 nitrogen and oxygen atoms in total. The Bertz CT molecular complexity index is 651. The second-order valence-corrected chi connectivity index (χ2v) is 5.53. The summed E-state index contributed by atoms with van der Waals surface area (Å²) in [4.78, 5) is 0. The predicted octanol–water partition coefficient (Wildman–Crippen LogP) is 1.61. The number of aromatic nitrogens is 4. The van der Waals surface area contributed by atoms with Crippen LogP contribution in [0.25, 0.3) is 0 Å². The fraction of sp³-hybridized carbons (Fsp3) is 0.357. The average Bonchev–Trinajstić information content (AvgIpc) is 3.22. The minimum atomic E-state index is 0.376. The minimum absolute atomic E-state index is 0.376.